The molecule has 0 radical (unpaired) electrons. The summed E-state index contributed by atoms with van der Waals surface area (Å²) in [5.74, 6) is -1.72. The minimum absolute atomic E-state index is 0.0444. The maximum Gasteiger partial charge on any atom is 0.248 e. The van der Waals surface area contributed by atoms with Gasteiger partial charge in [0, 0.05) is 24.2 Å². The molecule has 0 saturated carbocycles. The molecule has 0 aromatic heterocycles. The van der Waals surface area contributed by atoms with Crippen molar-refractivity contribution in [2.75, 3.05) is 11.5 Å². The SMILES string of the molecule is Cc1ccc(CN2C(=NC(=O)CCC(=O)[O-])S[C@H]3CS(=O)(=O)C[C@@H]32)cc1. The van der Waals surface area contributed by atoms with Gasteiger partial charge in [0.15, 0.2) is 15.0 Å². The third-order valence-electron chi connectivity index (χ3n) is 4.41. The van der Waals surface area contributed by atoms with Gasteiger partial charge in [0.2, 0.25) is 5.91 Å². The number of carbonyl (C=O) groups excluding carboxylic acids is 2. The van der Waals surface area contributed by atoms with Crippen LogP contribution in [-0.4, -0.2) is 53.2 Å². The Morgan fingerprint density at radius 1 is 1.23 bits per heavy atom. The second kappa shape index (κ2) is 7.40. The van der Waals surface area contributed by atoms with Gasteiger partial charge in [-0.25, -0.2) is 8.42 Å². The number of rotatable bonds is 5. The number of benzene rings is 1. The summed E-state index contributed by atoms with van der Waals surface area (Å²) in [5.41, 5.74) is 2.12. The van der Waals surface area contributed by atoms with Crippen LogP contribution >= 0.6 is 11.8 Å². The zero-order chi connectivity index (χ0) is 18.9. The van der Waals surface area contributed by atoms with E-state index in [1.165, 1.54) is 11.8 Å². The standard InChI is InChI=1S/C17H20N2O5S2/c1-11-2-4-12(5-3-11)8-19-13-9-26(23,24)10-14(13)25-17(19)18-15(20)6-7-16(21)22/h2-5,13-14H,6-10H2,1H3,(H,21,22)/p-1/t13-,14-/m0/s1. The van der Waals surface area contributed by atoms with Crippen LogP contribution in [0.15, 0.2) is 29.3 Å². The smallest absolute Gasteiger partial charge is 0.248 e. The molecular weight excluding hydrogens is 376 g/mol. The lowest BCUT2D eigenvalue weighted by Gasteiger charge is -2.24. The van der Waals surface area contributed by atoms with Gasteiger partial charge in [0.05, 0.1) is 17.5 Å². The molecule has 140 valence electrons. The fraction of sp³-hybridized carbons (Fsp3) is 0.471. The second-order valence-electron chi connectivity index (χ2n) is 6.57. The molecule has 0 aliphatic carbocycles. The third-order valence-corrected chi connectivity index (χ3v) is 7.66. The molecule has 1 amide bonds. The van der Waals surface area contributed by atoms with Crippen molar-refractivity contribution in [2.45, 2.75) is 37.6 Å². The topological polar surface area (TPSA) is 107 Å². The minimum atomic E-state index is -3.10. The normalized spacial score (nSPS) is 25.4. The molecule has 26 heavy (non-hydrogen) atoms. The maximum atomic E-state index is 12.0. The predicted molar refractivity (Wildman–Crippen MR) is 97.2 cm³/mol. The quantitative estimate of drug-likeness (QED) is 0.697. The van der Waals surface area contributed by atoms with Crippen LogP contribution < -0.4 is 5.11 Å². The van der Waals surface area contributed by atoms with Gasteiger partial charge in [-0.2, -0.15) is 4.99 Å². The maximum absolute atomic E-state index is 12.0. The van der Waals surface area contributed by atoms with Gasteiger partial charge in [0.1, 0.15) is 0 Å². The van der Waals surface area contributed by atoms with E-state index in [0.29, 0.717) is 11.7 Å². The van der Waals surface area contributed by atoms with E-state index in [1.54, 1.807) is 0 Å². The summed E-state index contributed by atoms with van der Waals surface area (Å²) < 4.78 is 23.9. The van der Waals surface area contributed by atoms with Gasteiger partial charge < -0.3 is 14.8 Å². The number of thioether (sulfide) groups is 1. The first-order valence-electron chi connectivity index (χ1n) is 8.24. The number of fused-ring (bicyclic) bond motifs is 1. The van der Waals surface area contributed by atoms with E-state index >= 15 is 0 Å². The van der Waals surface area contributed by atoms with Crippen LogP contribution in [0.5, 0.6) is 0 Å². The summed E-state index contributed by atoms with van der Waals surface area (Å²) in [6, 6.07) is 7.66. The Morgan fingerprint density at radius 3 is 2.58 bits per heavy atom. The largest absolute Gasteiger partial charge is 0.550 e. The Balaban J connectivity index is 1.82. The number of hydrogen-bond donors (Lipinski definition) is 0. The zero-order valence-electron chi connectivity index (χ0n) is 14.3. The first-order chi connectivity index (χ1) is 12.2. The Hall–Kier alpha value is -1.87. The molecule has 2 heterocycles. The lowest BCUT2D eigenvalue weighted by molar-refractivity contribution is -0.305. The first-order valence-corrected chi connectivity index (χ1v) is 10.9. The zero-order valence-corrected chi connectivity index (χ0v) is 15.9. The lowest BCUT2D eigenvalue weighted by atomic mass is 10.1. The highest BCUT2D eigenvalue weighted by Crippen LogP contribution is 2.39. The number of aliphatic imine (C=N–C) groups is 1. The molecule has 2 atom stereocenters. The fourth-order valence-electron chi connectivity index (χ4n) is 3.08. The van der Waals surface area contributed by atoms with Gasteiger partial charge >= 0.3 is 0 Å². The molecule has 2 fully saturated rings. The molecule has 0 N–H and O–H groups in total. The Kier molecular flexibility index (Phi) is 5.38. The molecule has 0 bridgehead atoms. The van der Waals surface area contributed by atoms with E-state index in [0.717, 1.165) is 11.1 Å². The molecule has 3 rings (SSSR count). The van der Waals surface area contributed by atoms with Crippen LogP contribution in [0.25, 0.3) is 0 Å². The summed E-state index contributed by atoms with van der Waals surface area (Å²) in [5, 5.41) is 10.8. The fourth-order valence-corrected chi connectivity index (χ4v) is 7.05. The van der Waals surface area contributed by atoms with Crippen LogP contribution in [0.3, 0.4) is 0 Å². The van der Waals surface area contributed by atoms with Crippen LogP contribution in [0, 0.1) is 6.92 Å². The second-order valence-corrected chi connectivity index (χ2v) is 9.93. The number of carboxylic acids is 1. The van der Waals surface area contributed by atoms with E-state index in [1.807, 2.05) is 36.1 Å². The van der Waals surface area contributed by atoms with Crippen LogP contribution in [0.1, 0.15) is 24.0 Å². The average molecular weight is 395 g/mol. The van der Waals surface area contributed by atoms with E-state index < -0.39 is 21.7 Å². The van der Waals surface area contributed by atoms with Crippen molar-refractivity contribution < 1.29 is 23.1 Å². The van der Waals surface area contributed by atoms with Crippen LogP contribution in [-0.2, 0) is 26.0 Å². The average Bonchev–Trinajstić information content (AvgIpc) is 3.00. The number of hydrogen-bond acceptors (Lipinski definition) is 6. The Morgan fingerprint density at radius 2 is 1.92 bits per heavy atom. The van der Waals surface area contributed by atoms with Crippen LogP contribution in [0.4, 0.5) is 0 Å². The van der Waals surface area contributed by atoms with Crippen molar-refractivity contribution in [1.29, 1.82) is 0 Å². The molecule has 1 aromatic rings. The molecule has 2 aliphatic heterocycles. The number of aliphatic carboxylic acids is 1. The first kappa shape index (κ1) is 18.9. The molecular formula is C17H19N2O5S2-. The number of amides is 1. The molecule has 1 aromatic carbocycles. The number of amidine groups is 1. The van der Waals surface area contributed by atoms with Gasteiger partial charge in [-0.3, -0.25) is 4.79 Å². The molecule has 2 aliphatic rings. The van der Waals surface area contributed by atoms with Crippen molar-refractivity contribution in [1.82, 2.24) is 4.90 Å². The molecule has 0 unspecified atom stereocenters. The van der Waals surface area contributed by atoms with Crippen LogP contribution in [0.2, 0.25) is 0 Å². The van der Waals surface area contributed by atoms with Gasteiger partial charge in [-0.05, 0) is 18.9 Å². The summed E-state index contributed by atoms with van der Waals surface area (Å²) in [6.45, 7) is 2.44. The molecule has 9 heteroatoms. The highest BCUT2D eigenvalue weighted by Gasteiger charge is 2.48. The van der Waals surface area contributed by atoms with Crippen molar-refractivity contribution in [3.05, 3.63) is 35.4 Å². The van der Waals surface area contributed by atoms with Crippen molar-refractivity contribution in [3.8, 4) is 0 Å². The molecule has 0 spiro atoms. The summed E-state index contributed by atoms with van der Waals surface area (Å²) >= 11 is 1.29. The van der Waals surface area contributed by atoms with Crippen molar-refractivity contribution in [2.24, 2.45) is 4.99 Å². The number of aryl methyl sites for hydroxylation is 1. The van der Waals surface area contributed by atoms with Crippen molar-refractivity contribution >= 4 is 38.6 Å². The Bertz CT molecular complexity index is 848. The highest BCUT2D eigenvalue weighted by molar-refractivity contribution is 8.15. The van der Waals surface area contributed by atoms with Crippen molar-refractivity contribution in [3.63, 3.8) is 0 Å². The van der Waals surface area contributed by atoms with E-state index in [4.69, 9.17) is 0 Å². The third kappa shape index (κ3) is 4.45. The highest BCUT2D eigenvalue weighted by atomic mass is 32.2. The monoisotopic (exact) mass is 395 g/mol. The summed E-state index contributed by atoms with van der Waals surface area (Å²) in [4.78, 5) is 28.4. The minimum Gasteiger partial charge on any atom is -0.550 e. The van der Waals surface area contributed by atoms with E-state index in [-0.39, 0.29) is 35.6 Å². The lowest BCUT2D eigenvalue weighted by Crippen LogP contribution is -2.37. The number of sulfone groups is 1. The molecule has 7 nitrogen and oxygen atoms in total. The van der Waals surface area contributed by atoms with E-state index in [2.05, 4.69) is 4.99 Å². The Labute approximate surface area is 156 Å². The molecule has 2 saturated heterocycles. The van der Waals surface area contributed by atoms with Gasteiger partial charge in [0.25, 0.3) is 0 Å². The van der Waals surface area contributed by atoms with Gasteiger partial charge in [-0.15, -0.1) is 0 Å². The number of carbonyl (C=O) groups is 2. The number of carboxylic acid groups (broad SMARTS) is 1. The number of nitrogens with zero attached hydrogens (tertiary/aromatic N) is 2. The summed E-state index contributed by atoms with van der Waals surface area (Å²) in [7, 11) is -3.10. The van der Waals surface area contributed by atoms with Gasteiger partial charge in [-0.1, -0.05) is 41.6 Å². The van der Waals surface area contributed by atoms with E-state index in [9.17, 15) is 23.1 Å². The summed E-state index contributed by atoms with van der Waals surface area (Å²) in [6.07, 6.45) is -0.599. The predicted octanol–water partition coefficient (Wildman–Crippen LogP) is 0.122.